The number of aryl methyl sites for hydroxylation is 1. The molecule has 114 valence electrons. The van der Waals surface area contributed by atoms with Gasteiger partial charge in [0.25, 0.3) is 0 Å². The van der Waals surface area contributed by atoms with Crippen molar-refractivity contribution in [3.63, 3.8) is 0 Å². The maximum Gasteiger partial charge on any atom is 0.0888 e. The molecule has 1 atom stereocenters. The van der Waals surface area contributed by atoms with Crippen molar-refractivity contribution < 1.29 is 4.74 Å². The molecular formula is C15H26BrN3O. The van der Waals surface area contributed by atoms with Crippen molar-refractivity contribution >= 4 is 15.9 Å². The zero-order chi connectivity index (χ0) is 14.6. The van der Waals surface area contributed by atoms with Crippen LogP contribution in [0.5, 0.6) is 0 Å². The van der Waals surface area contributed by atoms with Crippen LogP contribution in [0.3, 0.4) is 0 Å². The molecule has 1 fully saturated rings. The molecule has 20 heavy (non-hydrogen) atoms. The van der Waals surface area contributed by atoms with Crippen molar-refractivity contribution in [2.24, 2.45) is 0 Å². The van der Waals surface area contributed by atoms with Crippen molar-refractivity contribution in [2.45, 2.75) is 63.6 Å². The molecule has 5 heteroatoms. The Balaban J connectivity index is 2.40. The molecule has 0 aliphatic heterocycles. The van der Waals surface area contributed by atoms with Gasteiger partial charge in [0.05, 0.1) is 28.0 Å². The van der Waals surface area contributed by atoms with Gasteiger partial charge in [0.1, 0.15) is 0 Å². The Labute approximate surface area is 130 Å². The number of nitrogens with zero attached hydrogens (tertiary/aromatic N) is 2. The fraction of sp³-hybridized carbons (Fsp3) is 0.800. The van der Waals surface area contributed by atoms with Gasteiger partial charge in [0, 0.05) is 13.7 Å². The third-order valence-corrected chi connectivity index (χ3v) is 5.19. The quantitative estimate of drug-likeness (QED) is 0.829. The highest BCUT2D eigenvalue weighted by molar-refractivity contribution is 9.10. The molecule has 0 radical (unpaired) electrons. The monoisotopic (exact) mass is 343 g/mol. The number of halogens is 1. The fourth-order valence-corrected chi connectivity index (χ4v) is 4.02. The highest BCUT2D eigenvalue weighted by atomic mass is 79.9. The van der Waals surface area contributed by atoms with Crippen molar-refractivity contribution in [1.82, 2.24) is 15.1 Å². The van der Waals surface area contributed by atoms with Crippen LogP contribution in [0.1, 0.15) is 57.2 Å². The molecule has 0 amide bonds. The Bertz CT molecular complexity index is 425. The summed E-state index contributed by atoms with van der Waals surface area (Å²) in [6, 6.07) is 0.169. The number of hydrogen-bond donors (Lipinski definition) is 1. The molecule has 1 aromatic rings. The average Bonchev–Trinajstić information content (AvgIpc) is 2.69. The van der Waals surface area contributed by atoms with Crippen LogP contribution in [-0.4, -0.2) is 29.5 Å². The van der Waals surface area contributed by atoms with Crippen LogP contribution in [0, 0.1) is 0 Å². The molecule has 1 saturated carbocycles. The van der Waals surface area contributed by atoms with Crippen molar-refractivity contribution in [2.75, 3.05) is 14.2 Å². The number of likely N-dealkylation sites (N-methyl/N-ethyl adjacent to an activating group) is 1. The van der Waals surface area contributed by atoms with Gasteiger partial charge in [-0.05, 0) is 42.7 Å². The number of nitrogens with one attached hydrogen (secondary N) is 1. The van der Waals surface area contributed by atoms with Crippen LogP contribution >= 0.6 is 15.9 Å². The molecule has 1 aliphatic carbocycles. The Kier molecular flexibility index (Phi) is 5.64. The van der Waals surface area contributed by atoms with Crippen LogP contribution in [0.4, 0.5) is 0 Å². The third kappa shape index (κ3) is 2.95. The largest absolute Gasteiger partial charge is 0.376 e. The van der Waals surface area contributed by atoms with Gasteiger partial charge in [-0.15, -0.1) is 0 Å². The van der Waals surface area contributed by atoms with Crippen LogP contribution in [-0.2, 0) is 11.3 Å². The van der Waals surface area contributed by atoms with E-state index in [9.17, 15) is 0 Å². The SMILES string of the molecule is CCn1ncc(Br)c1C(NC)C1(OC)CCCCCC1. The van der Waals surface area contributed by atoms with Gasteiger partial charge in [0.15, 0.2) is 0 Å². The number of rotatable bonds is 5. The van der Waals surface area contributed by atoms with Crippen LogP contribution in [0.2, 0.25) is 0 Å². The van der Waals surface area contributed by atoms with Gasteiger partial charge >= 0.3 is 0 Å². The van der Waals surface area contributed by atoms with Gasteiger partial charge < -0.3 is 10.1 Å². The lowest BCUT2D eigenvalue weighted by molar-refractivity contribution is -0.0544. The van der Waals surface area contributed by atoms with Crippen LogP contribution in [0.25, 0.3) is 0 Å². The summed E-state index contributed by atoms with van der Waals surface area (Å²) in [5.74, 6) is 0. The summed E-state index contributed by atoms with van der Waals surface area (Å²) in [6.07, 6.45) is 9.22. The predicted octanol–water partition coefficient (Wildman–Crippen LogP) is 3.67. The molecule has 0 bridgehead atoms. The standard InChI is InChI=1S/C15H26BrN3O/c1-4-19-13(12(16)11-18-19)14(17-2)15(20-3)9-7-5-6-8-10-15/h11,14,17H,4-10H2,1-3H3. The van der Waals surface area contributed by atoms with Crippen molar-refractivity contribution in [3.05, 3.63) is 16.4 Å². The average molecular weight is 344 g/mol. The molecule has 0 saturated heterocycles. The van der Waals surface area contributed by atoms with Crippen molar-refractivity contribution in [3.8, 4) is 0 Å². The summed E-state index contributed by atoms with van der Waals surface area (Å²) >= 11 is 3.66. The minimum atomic E-state index is -0.124. The van der Waals surface area contributed by atoms with Gasteiger partial charge in [-0.3, -0.25) is 4.68 Å². The van der Waals surface area contributed by atoms with Crippen LogP contribution in [0.15, 0.2) is 10.7 Å². The summed E-state index contributed by atoms with van der Waals surface area (Å²) in [4.78, 5) is 0. The predicted molar refractivity (Wildman–Crippen MR) is 84.8 cm³/mol. The van der Waals surface area contributed by atoms with E-state index in [1.165, 1.54) is 31.4 Å². The Morgan fingerprint density at radius 3 is 2.55 bits per heavy atom. The van der Waals surface area contributed by atoms with E-state index in [2.05, 4.69) is 38.0 Å². The molecule has 1 aromatic heterocycles. The number of hydrogen-bond acceptors (Lipinski definition) is 3. The Morgan fingerprint density at radius 1 is 1.40 bits per heavy atom. The molecule has 1 unspecified atom stereocenters. The first-order valence-corrected chi connectivity index (χ1v) is 8.41. The van der Waals surface area contributed by atoms with Crippen molar-refractivity contribution in [1.29, 1.82) is 0 Å². The molecule has 4 nitrogen and oxygen atoms in total. The van der Waals surface area contributed by atoms with E-state index in [4.69, 9.17) is 4.74 Å². The van der Waals surface area contributed by atoms with E-state index in [1.54, 1.807) is 0 Å². The lowest BCUT2D eigenvalue weighted by Crippen LogP contribution is -2.45. The minimum Gasteiger partial charge on any atom is -0.376 e. The zero-order valence-electron chi connectivity index (χ0n) is 12.8. The van der Waals surface area contributed by atoms with Gasteiger partial charge in [-0.1, -0.05) is 25.7 Å². The van der Waals surface area contributed by atoms with Gasteiger partial charge in [0.2, 0.25) is 0 Å². The van der Waals surface area contributed by atoms with E-state index in [1.807, 2.05) is 20.4 Å². The first-order chi connectivity index (χ1) is 9.68. The second-order valence-electron chi connectivity index (χ2n) is 5.60. The molecular weight excluding hydrogens is 318 g/mol. The zero-order valence-corrected chi connectivity index (χ0v) is 14.4. The molecule has 1 heterocycles. The first kappa shape index (κ1) is 16.0. The van der Waals surface area contributed by atoms with Gasteiger partial charge in [-0.2, -0.15) is 5.10 Å². The molecule has 0 spiro atoms. The number of aromatic nitrogens is 2. The topological polar surface area (TPSA) is 39.1 Å². The maximum atomic E-state index is 6.07. The molecule has 1 aliphatic rings. The fourth-order valence-electron chi connectivity index (χ4n) is 3.50. The third-order valence-electron chi connectivity index (χ3n) is 4.58. The maximum absolute atomic E-state index is 6.07. The summed E-state index contributed by atoms with van der Waals surface area (Å²) in [5.41, 5.74) is 1.08. The van der Waals surface area contributed by atoms with Gasteiger partial charge in [-0.25, -0.2) is 0 Å². The molecule has 0 aromatic carbocycles. The normalized spacial score (nSPS) is 20.6. The lowest BCUT2D eigenvalue weighted by Gasteiger charge is -2.39. The number of methoxy groups -OCH3 is 1. The molecule has 1 N–H and O–H groups in total. The van der Waals surface area contributed by atoms with E-state index in [0.717, 1.165) is 23.9 Å². The van der Waals surface area contributed by atoms with E-state index in [-0.39, 0.29) is 11.6 Å². The summed E-state index contributed by atoms with van der Waals surface area (Å²) in [6.45, 7) is 3.00. The van der Waals surface area contributed by atoms with E-state index < -0.39 is 0 Å². The Morgan fingerprint density at radius 2 is 2.05 bits per heavy atom. The highest BCUT2D eigenvalue weighted by Crippen LogP contribution is 2.41. The smallest absolute Gasteiger partial charge is 0.0888 e. The van der Waals surface area contributed by atoms with E-state index >= 15 is 0 Å². The number of ether oxygens (including phenoxy) is 1. The summed E-state index contributed by atoms with van der Waals surface area (Å²) in [7, 11) is 3.88. The van der Waals surface area contributed by atoms with E-state index in [0.29, 0.717) is 0 Å². The highest BCUT2D eigenvalue weighted by Gasteiger charge is 2.41. The first-order valence-electron chi connectivity index (χ1n) is 7.62. The second-order valence-corrected chi connectivity index (χ2v) is 6.45. The minimum absolute atomic E-state index is 0.124. The molecule has 2 rings (SSSR count). The second kappa shape index (κ2) is 7.05. The summed E-state index contributed by atoms with van der Waals surface area (Å²) in [5, 5.41) is 7.95. The lowest BCUT2D eigenvalue weighted by atomic mass is 9.84. The Hall–Kier alpha value is -0.390. The van der Waals surface area contributed by atoms with Crippen LogP contribution < -0.4 is 5.32 Å². The summed E-state index contributed by atoms with van der Waals surface area (Å²) < 4.78 is 9.20.